The molecule has 7 nitrogen and oxygen atoms in total. The molecule has 1 amide bonds. The summed E-state index contributed by atoms with van der Waals surface area (Å²) in [7, 11) is 0. The Hall–Kier alpha value is -3.91. The van der Waals surface area contributed by atoms with Crippen LogP contribution >= 0.6 is 11.8 Å². The molecule has 158 valence electrons. The number of aromatic nitrogens is 4. The van der Waals surface area contributed by atoms with Gasteiger partial charge < -0.3 is 5.32 Å². The fraction of sp³-hybridized carbons (Fsp3) is 0.0833. The summed E-state index contributed by atoms with van der Waals surface area (Å²) in [6.45, 7) is 1.95. The van der Waals surface area contributed by atoms with Gasteiger partial charge in [-0.15, -0.1) is 10.2 Å². The number of nitrogens with one attached hydrogen (secondary N) is 1. The molecular formula is C24H19N5O2S. The zero-order chi connectivity index (χ0) is 22.1. The fourth-order valence-corrected chi connectivity index (χ4v) is 4.35. The number of nitrogens with zero attached hydrogens (tertiary/aromatic N) is 4. The van der Waals surface area contributed by atoms with Crippen LogP contribution in [0.2, 0.25) is 0 Å². The summed E-state index contributed by atoms with van der Waals surface area (Å²) in [4.78, 5) is 25.8. The van der Waals surface area contributed by atoms with Gasteiger partial charge in [0.05, 0.1) is 22.3 Å². The van der Waals surface area contributed by atoms with E-state index in [0.717, 1.165) is 11.3 Å². The third-order valence-corrected chi connectivity index (χ3v) is 6.09. The molecule has 0 saturated heterocycles. The van der Waals surface area contributed by atoms with Crippen molar-refractivity contribution >= 4 is 40.0 Å². The SMILES string of the molecule is Cc1ccccc1NC(=O)CSc1nnc2n(-c3ccccc3)c(=O)c3ccccc3n12. The summed E-state index contributed by atoms with van der Waals surface area (Å²) in [5, 5.41) is 12.6. The molecule has 0 aliphatic rings. The number of benzene rings is 3. The number of thioether (sulfide) groups is 1. The lowest BCUT2D eigenvalue weighted by Crippen LogP contribution is -2.21. The fourth-order valence-electron chi connectivity index (χ4n) is 3.61. The lowest BCUT2D eigenvalue weighted by Gasteiger charge is -2.11. The molecule has 1 N–H and O–H groups in total. The molecule has 5 rings (SSSR count). The Morgan fingerprint density at radius 1 is 0.938 bits per heavy atom. The maximum absolute atomic E-state index is 13.3. The first kappa shape index (κ1) is 20.0. The molecule has 0 aliphatic carbocycles. The maximum atomic E-state index is 13.3. The number of amides is 1. The van der Waals surface area contributed by atoms with Gasteiger partial charge in [0.2, 0.25) is 11.7 Å². The second-order valence-corrected chi connectivity index (χ2v) is 8.21. The molecular weight excluding hydrogens is 422 g/mol. The third kappa shape index (κ3) is 3.54. The summed E-state index contributed by atoms with van der Waals surface area (Å²) in [5.41, 5.74) is 3.02. The van der Waals surface area contributed by atoms with Gasteiger partial charge in [-0.25, -0.2) is 4.57 Å². The highest BCUT2D eigenvalue weighted by molar-refractivity contribution is 7.99. The van der Waals surface area contributed by atoms with Gasteiger partial charge in [-0.3, -0.25) is 14.0 Å². The second-order valence-electron chi connectivity index (χ2n) is 7.26. The van der Waals surface area contributed by atoms with Gasteiger partial charge in [0, 0.05) is 5.69 Å². The molecule has 0 spiro atoms. The molecule has 0 radical (unpaired) electrons. The van der Waals surface area contributed by atoms with Crippen molar-refractivity contribution in [2.24, 2.45) is 0 Å². The molecule has 0 saturated carbocycles. The molecule has 2 aromatic heterocycles. The molecule has 0 atom stereocenters. The number of hydrogen-bond acceptors (Lipinski definition) is 5. The van der Waals surface area contributed by atoms with E-state index in [1.54, 1.807) is 10.6 Å². The molecule has 2 heterocycles. The van der Waals surface area contributed by atoms with E-state index in [2.05, 4.69) is 15.5 Å². The lowest BCUT2D eigenvalue weighted by atomic mass is 10.2. The van der Waals surface area contributed by atoms with Crippen LogP contribution in [0.1, 0.15) is 5.56 Å². The van der Waals surface area contributed by atoms with Crippen molar-refractivity contribution in [3.63, 3.8) is 0 Å². The van der Waals surface area contributed by atoms with Gasteiger partial charge in [-0.2, -0.15) is 0 Å². The monoisotopic (exact) mass is 441 g/mol. The molecule has 0 fully saturated rings. The van der Waals surface area contributed by atoms with E-state index in [1.807, 2.05) is 84.1 Å². The first-order chi connectivity index (χ1) is 15.6. The maximum Gasteiger partial charge on any atom is 0.267 e. The van der Waals surface area contributed by atoms with Crippen LogP contribution in [0.5, 0.6) is 0 Å². The quantitative estimate of drug-likeness (QED) is 0.416. The van der Waals surface area contributed by atoms with Crippen LogP contribution in [0.4, 0.5) is 5.69 Å². The second kappa shape index (κ2) is 8.32. The molecule has 8 heteroatoms. The van der Waals surface area contributed by atoms with Crippen LogP contribution in [0.15, 0.2) is 88.8 Å². The van der Waals surface area contributed by atoms with E-state index in [1.165, 1.54) is 11.8 Å². The Balaban J connectivity index is 1.55. The first-order valence-electron chi connectivity index (χ1n) is 10.1. The zero-order valence-electron chi connectivity index (χ0n) is 17.2. The Morgan fingerprint density at radius 3 is 2.47 bits per heavy atom. The van der Waals surface area contributed by atoms with E-state index in [4.69, 9.17) is 0 Å². The summed E-state index contributed by atoms with van der Waals surface area (Å²) in [6, 6.07) is 24.3. The minimum absolute atomic E-state index is 0.137. The van der Waals surface area contributed by atoms with Crippen molar-refractivity contribution in [1.29, 1.82) is 0 Å². The predicted molar refractivity (Wildman–Crippen MR) is 127 cm³/mol. The number of rotatable bonds is 5. The summed E-state index contributed by atoms with van der Waals surface area (Å²) in [6.07, 6.45) is 0. The van der Waals surface area contributed by atoms with Crippen molar-refractivity contribution in [2.75, 3.05) is 11.1 Å². The van der Waals surface area contributed by atoms with Gasteiger partial charge in [-0.05, 0) is 42.8 Å². The normalized spacial score (nSPS) is 11.2. The van der Waals surface area contributed by atoms with Gasteiger partial charge in [0.1, 0.15) is 0 Å². The standard InChI is InChI=1S/C24H19N5O2S/c1-16-9-5-7-13-19(16)25-21(30)15-32-24-27-26-23-28(17-10-3-2-4-11-17)22(31)18-12-6-8-14-20(18)29(23)24/h2-14H,15H2,1H3,(H,25,30). The molecule has 5 aromatic rings. The number of fused-ring (bicyclic) bond motifs is 3. The number of aryl methyl sites for hydroxylation is 1. The Bertz CT molecular complexity index is 1510. The smallest absolute Gasteiger partial charge is 0.267 e. The Labute approximate surface area is 187 Å². The van der Waals surface area contributed by atoms with Crippen LogP contribution in [0.25, 0.3) is 22.4 Å². The van der Waals surface area contributed by atoms with Crippen LogP contribution in [-0.4, -0.2) is 30.8 Å². The average molecular weight is 442 g/mol. The van der Waals surface area contributed by atoms with E-state index in [9.17, 15) is 9.59 Å². The van der Waals surface area contributed by atoms with Gasteiger partial charge >= 0.3 is 0 Å². The number of carbonyl (C=O) groups excluding carboxylic acids is 1. The van der Waals surface area contributed by atoms with E-state index in [-0.39, 0.29) is 17.2 Å². The van der Waals surface area contributed by atoms with E-state index in [0.29, 0.717) is 27.5 Å². The highest BCUT2D eigenvalue weighted by Crippen LogP contribution is 2.23. The highest BCUT2D eigenvalue weighted by atomic mass is 32.2. The molecule has 32 heavy (non-hydrogen) atoms. The zero-order valence-corrected chi connectivity index (χ0v) is 18.0. The van der Waals surface area contributed by atoms with Crippen LogP contribution < -0.4 is 10.9 Å². The molecule has 0 bridgehead atoms. The number of anilines is 1. The van der Waals surface area contributed by atoms with Gasteiger partial charge in [-0.1, -0.05) is 60.3 Å². The van der Waals surface area contributed by atoms with E-state index < -0.39 is 0 Å². The first-order valence-corrected chi connectivity index (χ1v) is 11.0. The van der Waals surface area contributed by atoms with Gasteiger partial charge in [0.25, 0.3) is 5.56 Å². The Kier molecular flexibility index (Phi) is 5.20. The van der Waals surface area contributed by atoms with Crippen LogP contribution in [0.3, 0.4) is 0 Å². The lowest BCUT2D eigenvalue weighted by molar-refractivity contribution is -0.113. The predicted octanol–water partition coefficient (Wildman–Crippen LogP) is 4.07. The van der Waals surface area contributed by atoms with E-state index >= 15 is 0 Å². The summed E-state index contributed by atoms with van der Waals surface area (Å²) >= 11 is 1.28. The average Bonchev–Trinajstić information content (AvgIpc) is 3.24. The minimum Gasteiger partial charge on any atom is -0.325 e. The van der Waals surface area contributed by atoms with Crippen LogP contribution in [0, 0.1) is 6.92 Å². The van der Waals surface area contributed by atoms with Gasteiger partial charge in [0.15, 0.2) is 5.16 Å². The largest absolute Gasteiger partial charge is 0.325 e. The third-order valence-electron chi connectivity index (χ3n) is 5.16. The topological polar surface area (TPSA) is 81.3 Å². The number of carbonyl (C=O) groups is 1. The Morgan fingerprint density at radius 2 is 1.66 bits per heavy atom. The molecule has 3 aromatic carbocycles. The number of para-hydroxylation sites is 3. The van der Waals surface area contributed by atoms with Crippen molar-refractivity contribution in [3.8, 4) is 5.69 Å². The molecule has 0 unspecified atom stereocenters. The minimum atomic E-state index is -0.166. The molecule has 0 aliphatic heterocycles. The van der Waals surface area contributed by atoms with Crippen LogP contribution in [-0.2, 0) is 4.79 Å². The van der Waals surface area contributed by atoms with Crippen molar-refractivity contribution in [2.45, 2.75) is 12.1 Å². The van der Waals surface area contributed by atoms with Crippen molar-refractivity contribution in [1.82, 2.24) is 19.2 Å². The number of hydrogen-bond donors (Lipinski definition) is 1. The summed E-state index contributed by atoms with van der Waals surface area (Å²) in [5.74, 6) is 0.428. The highest BCUT2D eigenvalue weighted by Gasteiger charge is 2.18. The summed E-state index contributed by atoms with van der Waals surface area (Å²) < 4.78 is 3.38. The van der Waals surface area contributed by atoms with Crippen molar-refractivity contribution < 1.29 is 4.79 Å². The van der Waals surface area contributed by atoms with Crippen molar-refractivity contribution in [3.05, 3.63) is 94.8 Å².